The fourth-order valence-electron chi connectivity index (χ4n) is 3.76. The van der Waals surface area contributed by atoms with Crippen LogP contribution >= 0.6 is 0 Å². The van der Waals surface area contributed by atoms with Crippen LogP contribution in [0.3, 0.4) is 0 Å². The second-order valence-electron chi connectivity index (χ2n) is 7.12. The highest BCUT2D eigenvalue weighted by Gasteiger charge is 2.20. The van der Waals surface area contributed by atoms with Crippen molar-refractivity contribution in [3.05, 3.63) is 65.5 Å². The van der Waals surface area contributed by atoms with Crippen molar-refractivity contribution in [1.29, 1.82) is 0 Å². The Balaban J connectivity index is 1.50. The number of halogens is 1. The van der Waals surface area contributed by atoms with Crippen LogP contribution < -0.4 is 14.8 Å². The molecule has 8 heteroatoms. The number of nitrogens with one attached hydrogen (secondary N) is 1. The fourth-order valence-corrected chi connectivity index (χ4v) is 3.76. The Labute approximate surface area is 172 Å². The van der Waals surface area contributed by atoms with Gasteiger partial charge in [-0.25, -0.2) is 19.3 Å². The van der Waals surface area contributed by atoms with Crippen molar-refractivity contribution in [2.45, 2.75) is 19.9 Å². The summed E-state index contributed by atoms with van der Waals surface area (Å²) in [5, 5.41) is 3.27. The lowest BCUT2D eigenvalue weighted by Gasteiger charge is -2.13. The normalized spacial score (nSPS) is 12.6. The number of benzene rings is 1. The Morgan fingerprint density at radius 3 is 2.90 bits per heavy atom. The number of imidazole rings is 1. The summed E-state index contributed by atoms with van der Waals surface area (Å²) in [5.74, 6) is 1.64. The molecule has 0 radical (unpaired) electrons. The van der Waals surface area contributed by atoms with Crippen LogP contribution in [0.15, 0.2) is 42.9 Å². The van der Waals surface area contributed by atoms with E-state index < -0.39 is 0 Å². The molecule has 1 aromatic carbocycles. The highest BCUT2D eigenvalue weighted by atomic mass is 19.1. The summed E-state index contributed by atoms with van der Waals surface area (Å²) in [6.45, 7) is 2.81. The lowest BCUT2D eigenvalue weighted by atomic mass is 10.0. The Hall–Kier alpha value is -3.68. The van der Waals surface area contributed by atoms with Gasteiger partial charge in [-0.3, -0.25) is 4.40 Å². The lowest BCUT2D eigenvalue weighted by Crippen LogP contribution is -2.09. The van der Waals surface area contributed by atoms with Gasteiger partial charge in [0.25, 0.3) is 0 Å². The largest absolute Gasteiger partial charge is 0.493 e. The zero-order valence-electron chi connectivity index (χ0n) is 16.6. The third kappa shape index (κ3) is 3.10. The molecule has 0 amide bonds. The van der Waals surface area contributed by atoms with E-state index in [1.807, 2.05) is 23.6 Å². The third-order valence-electron chi connectivity index (χ3n) is 5.23. The molecule has 0 unspecified atom stereocenters. The summed E-state index contributed by atoms with van der Waals surface area (Å²) in [6.07, 6.45) is 6.10. The molecule has 4 aromatic rings. The highest BCUT2D eigenvalue weighted by molar-refractivity contribution is 5.77. The van der Waals surface area contributed by atoms with Gasteiger partial charge < -0.3 is 14.8 Å². The van der Waals surface area contributed by atoms with E-state index in [9.17, 15) is 4.39 Å². The Bertz CT molecular complexity index is 1240. The molecule has 0 spiro atoms. The molecule has 1 aliphatic rings. The first-order valence-electron chi connectivity index (χ1n) is 9.66. The van der Waals surface area contributed by atoms with Crippen molar-refractivity contribution in [2.75, 3.05) is 19.0 Å². The molecule has 4 heterocycles. The van der Waals surface area contributed by atoms with E-state index in [2.05, 4.69) is 20.3 Å². The zero-order chi connectivity index (χ0) is 20.7. The molecular weight excluding hydrogens is 385 g/mol. The van der Waals surface area contributed by atoms with Crippen molar-refractivity contribution in [3.8, 4) is 22.8 Å². The predicted octanol–water partition coefficient (Wildman–Crippen LogP) is 3.79. The highest BCUT2D eigenvalue weighted by Crippen LogP contribution is 2.31. The van der Waals surface area contributed by atoms with E-state index in [1.54, 1.807) is 31.6 Å². The Morgan fingerprint density at radius 2 is 2.10 bits per heavy atom. The van der Waals surface area contributed by atoms with Gasteiger partial charge in [0.1, 0.15) is 17.2 Å². The van der Waals surface area contributed by atoms with Crippen molar-refractivity contribution in [1.82, 2.24) is 19.4 Å². The number of aryl methyl sites for hydroxylation is 1. The molecular formula is C22H20FN5O2. The van der Waals surface area contributed by atoms with E-state index >= 15 is 0 Å². The summed E-state index contributed by atoms with van der Waals surface area (Å²) < 4.78 is 27.0. The summed E-state index contributed by atoms with van der Waals surface area (Å²) in [6, 6.07) is 6.86. The third-order valence-corrected chi connectivity index (χ3v) is 5.23. The monoisotopic (exact) mass is 405 g/mol. The molecule has 30 heavy (non-hydrogen) atoms. The minimum absolute atomic E-state index is 0.245. The summed E-state index contributed by atoms with van der Waals surface area (Å²) >= 11 is 0. The number of hydrogen-bond acceptors (Lipinski definition) is 6. The summed E-state index contributed by atoms with van der Waals surface area (Å²) in [4.78, 5) is 13.5. The number of nitrogens with zero attached hydrogens (tertiary/aromatic N) is 4. The van der Waals surface area contributed by atoms with Crippen LogP contribution in [0.5, 0.6) is 11.6 Å². The summed E-state index contributed by atoms with van der Waals surface area (Å²) in [7, 11) is 1.58. The van der Waals surface area contributed by atoms with Gasteiger partial charge >= 0.3 is 0 Å². The van der Waals surface area contributed by atoms with Crippen LogP contribution in [-0.4, -0.2) is 33.1 Å². The topological polar surface area (TPSA) is 73.6 Å². The first-order valence-corrected chi connectivity index (χ1v) is 9.66. The van der Waals surface area contributed by atoms with E-state index in [-0.39, 0.29) is 5.82 Å². The minimum Gasteiger partial charge on any atom is -0.493 e. The van der Waals surface area contributed by atoms with Gasteiger partial charge in [0, 0.05) is 59.9 Å². The van der Waals surface area contributed by atoms with Crippen LogP contribution in [0.25, 0.3) is 16.8 Å². The van der Waals surface area contributed by atoms with Crippen LogP contribution in [0.2, 0.25) is 0 Å². The van der Waals surface area contributed by atoms with E-state index in [1.165, 1.54) is 6.07 Å². The SMILES string of the molecule is COc1ccc(-c2cnc(NCc3c(F)ccc4c3CCO4)n3cc(C)nc23)cn1. The van der Waals surface area contributed by atoms with Gasteiger partial charge in [-0.1, -0.05) is 0 Å². The van der Waals surface area contributed by atoms with E-state index in [4.69, 9.17) is 9.47 Å². The average Bonchev–Trinajstić information content (AvgIpc) is 3.39. The maximum Gasteiger partial charge on any atom is 0.212 e. The van der Waals surface area contributed by atoms with Gasteiger partial charge in [0.2, 0.25) is 11.8 Å². The molecule has 3 aromatic heterocycles. The number of rotatable bonds is 5. The number of hydrogen-bond donors (Lipinski definition) is 1. The lowest BCUT2D eigenvalue weighted by molar-refractivity contribution is 0.356. The zero-order valence-corrected chi connectivity index (χ0v) is 16.6. The standard InChI is InChI=1S/C22H20FN5O2/c1-13-12-28-21(27-13)16(14-3-6-20(29-2)24-9-14)10-25-22(28)26-11-17-15-7-8-30-19(15)5-4-18(17)23/h3-6,9-10,12H,7-8,11H2,1-2H3,(H,25,26). The van der Waals surface area contributed by atoms with Crippen LogP contribution in [0.4, 0.5) is 10.3 Å². The molecule has 7 nitrogen and oxygen atoms in total. The smallest absolute Gasteiger partial charge is 0.212 e. The number of aromatic nitrogens is 4. The molecule has 152 valence electrons. The quantitative estimate of drug-likeness (QED) is 0.545. The fraction of sp³-hybridized carbons (Fsp3) is 0.227. The number of anilines is 1. The van der Waals surface area contributed by atoms with Crippen LogP contribution in [0, 0.1) is 12.7 Å². The van der Waals surface area contributed by atoms with Crippen molar-refractivity contribution >= 4 is 11.6 Å². The van der Waals surface area contributed by atoms with Gasteiger partial charge in [-0.15, -0.1) is 0 Å². The Kier molecular flexibility index (Phi) is 4.46. The van der Waals surface area contributed by atoms with E-state index in [0.29, 0.717) is 37.0 Å². The molecule has 0 atom stereocenters. The maximum absolute atomic E-state index is 14.5. The molecule has 0 bridgehead atoms. The second kappa shape index (κ2) is 7.29. The molecule has 0 saturated heterocycles. The molecule has 1 aliphatic heterocycles. The number of fused-ring (bicyclic) bond motifs is 2. The van der Waals surface area contributed by atoms with Gasteiger partial charge in [0.15, 0.2) is 0 Å². The molecule has 1 N–H and O–H groups in total. The minimum atomic E-state index is -0.245. The summed E-state index contributed by atoms with van der Waals surface area (Å²) in [5.41, 5.74) is 4.87. The number of methoxy groups -OCH3 is 1. The van der Waals surface area contributed by atoms with Crippen molar-refractivity contribution < 1.29 is 13.9 Å². The van der Waals surface area contributed by atoms with Crippen LogP contribution in [-0.2, 0) is 13.0 Å². The van der Waals surface area contributed by atoms with Crippen LogP contribution in [0.1, 0.15) is 16.8 Å². The van der Waals surface area contributed by atoms with E-state index in [0.717, 1.165) is 33.8 Å². The number of pyridine rings is 1. The van der Waals surface area contributed by atoms with Gasteiger partial charge in [0.05, 0.1) is 19.4 Å². The molecule has 0 fully saturated rings. The predicted molar refractivity (Wildman–Crippen MR) is 110 cm³/mol. The first kappa shape index (κ1) is 18.4. The van der Waals surface area contributed by atoms with Crippen molar-refractivity contribution in [3.63, 3.8) is 0 Å². The first-order chi connectivity index (χ1) is 14.6. The van der Waals surface area contributed by atoms with Gasteiger partial charge in [-0.05, 0) is 25.1 Å². The average molecular weight is 405 g/mol. The molecule has 5 rings (SSSR count). The molecule has 0 aliphatic carbocycles. The Morgan fingerprint density at radius 1 is 1.20 bits per heavy atom. The number of ether oxygens (including phenoxy) is 2. The molecule has 0 saturated carbocycles. The second-order valence-corrected chi connectivity index (χ2v) is 7.12. The van der Waals surface area contributed by atoms with Gasteiger partial charge in [-0.2, -0.15) is 0 Å². The van der Waals surface area contributed by atoms with Crippen molar-refractivity contribution in [2.24, 2.45) is 0 Å². The maximum atomic E-state index is 14.5.